The molecular weight excluding hydrogens is 446 g/mol. The van der Waals surface area contributed by atoms with Crippen molar-refractivity contribution in [3.63, 3.8) is 0 Å². The van der Waals surface area contributed by atoms with E-state index < -0.39 is 0 Å². The summed E-state index contributed by atoms with van der Waals surface area (Å²) in [4.78, 5) is 16.2. The molecule has 1 aromatic carbocycles. The van der Waals surface area contributed by atoms with Gasteiger partial charge in [-0.3, -0.25) is 4.79 Å². The molecule has 0 aromatic heterocycles. The summed E-state index contributed by atoms with van der Waals surface area (Å²) in [7, 11) is 0. The van der Waals surface area contributed by atoms with Crippen molar-refractivity contribution in [2.75, 3.05) is 19.6 Å². The molecule has 148 valence electrons. The Hall–Kier alpha value is -1.38. The maximum Gasteiger partial charge on any atom is 0.242 e. The first-order valence-corrected chi connectivity index (χ1v) is 8.63. The molecule has 26 heavy (non-hydrogen) atoms. The van der Waals surface area contributed by atoms with E-state index in [4.69, 9.17) is 0 Å². The topological polar surface area (TPSA) is 65.5 Å². The second kappa shape index (κ2) is 10.7. The number of halogens is 2. The molecule has 0 aliphatic carbocycles. The highest BCUT2D eigenvalue weighted by Gasteiger charge is 2.21. The molecule has 0 unspecified atom stereocenters. The number of aliphatic imine (C=N–C) groups is 1. The van der Waals surface area contributed by atoms with Crippen LogP contribution < -0.4 is 16.0 Å². The van der Waals surface area contributed by atoms with Gasteiger partial charge in [0.25, 0.3) is 0 Å². The summed E-state index contributed by atoms with van der Waals surface area (Å²) in [5.41, 5.74) is 0.338. The zero-order valence-electron chi connectivity index (χ0n) is 16.6. The summed E-state index contributed by atoms with van der Waals surface area (Å²) >= 11 is 0. The highest BCUT2D eigenvalue weighted by Crippen LogP contribution is 2.22. The molecule has 0 radical (unpaired) electrons. The Kier molecular flexibility index (Phi) is 10.1. The number of nitrogens with one attached hydrogen (secondary N) is 3. The lowest BCUT2D eigenvalue weighted by Crippen LogP contribution is -2.45. The molecule has 0 aliphatic heterocycles. The number of carbonyl (C=O) groups is 1. The zero-order valence-corrected chi connectivity index (χ0v) is 18.9. The fourth-order valence-corrected chi connectivity index (χ4v) is 2.27. The number of nitrogens with zero attached hydrogens (tertiary/aromatic N) is 1. The smallest absolute Gasteiger partial charge is 0.242 e. The molecule has 0 spiro atoms. The second-order valence-electron chi connectivity index (χ2n) is 7.74. The van der Waals surface area contributed by atoms with Crippen LogP contribution in [-0.4, -0.2) is 37.0 Å². The Morgan fingerprint density at radius 1 is 1.15 bits per heavy atom. The van der Waals surface area contributed by atoms with Crippen LogP contribution in [0.1, 0.15) is 47.1 Å². The molecule has 7 heteroatoms. The number of rotatable bonds is 6. The van der Waals surface area contributed by atoms with Crippen LogP contribution in [0.2, 0.25) is 0 Å². The SMILES string of the molecule is CCNC(=NCC(=O)NC(C)(C)C)NCC(C)(C)c1cccc(F)c1.I. The number of carbonyl (C=O) groups excluding carboxylic acids is 1. The molecule has 0 fully saturated rings. The van der Waals surface area contributed by atoms with Crippen molar-refractivity contribution in [3.05, 3.63) is 35.6 Å². The van der Waals surface area contributed by atoms with Gasteiger partial charge in [0.2, 0.25) is 5.91 Å². The van der Waals surface area contributed by atoms with E-state index >= 15 is 0 Å². The van der Waals surface area contributed by atoms with Gasteiger partial charge in [0.15, 0.2) is 5.96 Å². The lowest BCUT2D eigenvalue weighted by Gasteiger charge is -2.27. The summed E-state index contributed by atoms with van der Waals surface area (Å²) in [6.07, 6.45) is 0. The molecular formula is C19H32FIN4O. The third kappa shape index (κ3) is 9.35. The molecule has 1 rings (SSSR count). The van der Waals surface area contributed by atoms with Crippen molar-refractivity contribution in [2.45, 2.75) is 52.5 Å². The maximum atomic E-state index is 13.5. The number of hydrogen-bond acceptors (Lipinski definition) is 2. The average Bonchev–Trinajstić information content (AvgIpc) is 2.48. The standard InChI is InChI=1S/C19H31FN4O.HI/c1-7-21-17(22-12-16(25)24-18(2,3)4)23-13-19(5,6)14-9-8-10-15(20)11-14;/h8-11H,7,12-13H2,1-6H3,(H,24,25)(H2,21,22,23);1H. The van der Waals surface area contributed by atoms with Crippen LogP contribution >= 0.6 is 24.0 Å². The number of guanidine groups is 1. The molecule has 0 heterocycles. The molecule has 0 saturated heterocycles. The Bertz CT molecular complexity index is 612. The molecule has 0 saturated carbocycles. The average molecular weight is 478 g/mol. The van der Waals surface area contributed by atoms with Crippen molar-refractivity contribution < 1.29 is 9.18 Å². The fourth-order valence-electron chi connectivity index (χ4n) is 2.27. The van der Waals surface area contributed by atoms with E-state index in [1.807, 2.05) is 47.6 Å². The van der Waals surface area contributed by atoms with E-state index in [1.165, 1.54) is 6.07 Å². The fraction of sp³-hybridized carbons (Fsp3) is 0.579. The normalized spacial score (nSPS) is 12.2. The van der Waals surface area contributed by atoms with E-state index in [0.29, 0.717) is 19.0 Å². The lowest BCUT2D eigenvalue weighted by atomic mass is 9.84. The van der Waals surface area contributed by atoms with Crippen molar-refractivity contribution in [1.82, 2.24) is 16.0 Å². The third-order valence-corrected chi connectivity index (χ3v) is 3.54. The summed E-state index contributed by atoms with van der Waals surface area (Å²) < 4.78 is 13.5. The molecule has 1 amide bonds. The largest absolute Gasteiger partial charge is 0.357 e. The Morgan fingerprint density at radius 2 is 1.81 bits per heavy atom. The van der Waals surface area contributed by atoms with Gasteiger partial charge >= 0.3 is 0 Å². The van der Waals surface area contributed by atoms with Gasteiger partial charge in [-0.05, 0) is 45.4 Å². The Balaban J connectivity index is 0.00000625. The van der Waals surface area contributed by atoms with Crippen LogP contribution in [0.25, 0.3) is 0 Å². The van der Waals surface area contributed by atoms with Crippen LogP contribution in [0.5, 0.6) is 0 Å². The summed E-state index contributed by atoms with van der Waals surface area (Å²) in [6, 6.07) is 6.60. The van der Waals surface area contributed by atoms with Gasteiger partial charge in [-0.2, -0.15) is 0 Å². The predicted molar refractivity (Wildman–Crippen MR) is 117 cm³/mol. The van der Waals surface area contributed by atoms with Gasteiger partial charge in [0.1, 0.15) is 12.4 Å². The first-order chi connectivity index (χ1) is 11.5. The molecule has 3 N–H and O–H groups in total. The van der Waals surface area contributed by atoms with Gasteiger partial charge in [-0.1, -0.05) is 26.0 Å². The van der Waals surface area contributed by atoms with Crippen LogP contribution in [-0.2, 0) is 10.2 Å². The first-order valence-electron chi connectivity index (χ1n) is 8.63. The molecule has 1 aromatic rings. The van der Waals surface area contributed by atoms with E-state index in [0.717, 1.165) is 5.56 Å². The van der Waals surface area contributed by atoms with Gasteiger partial charge in [0, 0.05) is 24.0 Å². The summed E-state index contributed by atoms with van der Waals surface area (Å²) in [6.45, 7) is 13.1. The van der Waals surface area contributed by atoms with E-state index in [1.54, 1.807) is 12.1 Å². The Morgan fingerprint density at radius 3 is 2.35 bits per heavy atom. The molecule has 0 bridgehead atoms. The van der Waals surface area contributed by atoms with Gasteiger partial charge in [0.05, 0.1) is 0 Å². The minimum Gasteiger partial charge on any atom is -0.357 e. The van der Waals surface area contributed by atoms with Crippen molar-refractivity contribution >= 4 is 35.8 Å². The zero-order chi connectivity index (χ0) is 19.1. The van der Waals surface area contributed by atoms with Gasteiger partial charge < -0.3 is 16.0 Å². The maximum absolute atomic E-state index is 13.5. The molecule has 0 atom stereocenters. The number of benzene rings is 1. The van der Waals surface area contributed by atoms with Crippen molar-refractivity contribution in [1.29, 1.82) is 0 Å². The minimum atomic E-state index is -0.286. The monoisotopic (exact) mass is 478 g/mol. The van der Waals surface area contributed by atoms with Crippen LogP contribution in [0.3, 0.4) is 0 Å². The van der Waals surface area contributed by atoms with E-state index in [2.05, 4.69) is 20.9 Å². The third-order valence-electron chi connectivity index (χ3n) is 3.54. The van der Waals surface area contributed by atoms with E-state index in [9.17, 15) is 9.18 Å². The summed E-state index contributed by atoms with van der Waals surface area (Å²) in [5, 5.41) is 9.23. The summed E-state index contributed by atoms with van der Waals surface area (Å²) in [5.74, 6) is 0.190. The second-order valence-corrected chi connectivity index (χ2v) is 7.74. The number of amides is 1. The minimum absolute atomic E-state index is 0. The molecule has 5 nitrogen and oxygen atoms in total. The first kappa shape index (κ1) is 24.6. The van der Waals surface area contributed by atoms with Gasteiger partial charge in [-0.25, -0.2) is 9.38 Å². The highest BCUT2D eigenvalue weighted by atomic mass is 127. The van der Waals surface area contributed by atoms with Crippen LogP contribution in [0.4, 0.5) is 4.39 Å². The molecule has 0 aliphatic rings. The Labute approximate surface area is 173 Å². The predicted octanol–water partition coefficient (Wildman–Crippen LogP) is 3.19. The lowest BCUT2D eigenvalue weighted by molar-refractivity contribution is -0.121. The van der Waals surface area contributed by atoms with Crippen molar-refractivity contribution in [3.8, 4) is 0 Å². The highest BCUT2D eigenvalue weighted by molar-refractivity contribution is 14.0. The van der Waals surface area contributed by atoms with Crippen LogP contribution in [0, 0.1) is 5.82 Å². The van der Waals surface area contributed by atoms with Crippen LogP contribution in [0.15, 0.2) is 29.3 Å². The quantitative estimate of drug-likeness (QED) is 0.334. The van der Waals surface area contributed by atoms with Crippen molar-refractivity contribution in [2.24, 2.45) is 4.99 Å². The number of hydrogen-bond donors (Lipinski definition) is 3. The van der Waals surface area contributed by atoms with E-state index in [-0.39, 0.29) is 53.2 Å². The van der Waals surface area contributed by atoms with Gasteiger partial charge in [-0.15, -0.1) is 24.0 Å².